The number of rotatable bonds is 4. The molecule has 2 rings (SSSR count). The normalized spacial score (nSPS) is 12.6. The summed E-state index contributed by atoms with van der Waals surface area (Å²) in [6, 6.07) is 10.3. The van der Waals surface area contributed by atoms with Crippen molar-refractivity contribution in [3.63, 3.8) is 0 Å². The van der Waals surface area contributed by atoms with Gasteiger partial charge in [0.1, 0.15) is 0 Å². The van der Waals surface area contributed by atoms with Crippen LogP contribution in [0.25, 0.3) is 0 Å². The lowest BCUT2D eigenvalue weighted by Crippen LogP contribution is -2.29. The van der Waals surface area contributed by atoms with E-state index in [2.05, 4.69) is 22.3 Å². The topological polar surface area (TPSA) is 56.7 Å². The molecule has 0 radical (unpaired) electrons. The van der Waals surface area contributed by atoms with E-state index in [0.717, 1.165) is 6.42 Å². The average molecular weight is 202 g/mol. The molecule has 0 spiro atoms. The summed E-state index contributed by atoms with van der Waals surface area (Å²) in [5.41, 5.74) is 7.24. The molecule has 2 N–H and O–H groups in total. The number of aromatic nitrogens is 3. The second kappa shape index (κ2) is 4.70. The van der Waals surface area contributed by atoms with E-state index < -0.39 is 0 Å². The van der Waals surface area contributed by atoms with Gasteiger partial charge in [0.25, 0.3) is 0 Å². The maximum atomic E-state index is 6.00. The number of benzene rings is 1. The number of nitrogens with zero attached hydrogens (tertiary/aromatic N) is 3. The van der Waals surface area contributed by atoms with Crippen LogP contribution in [0.4, 0.5) is 0 Å². The van der Waals surface area contributed by atoms with E-state index in [1.807, 2.05) is 18.2 Å². The molecule has 1 aromatic carbocycles. The highest BCUT2D eigenvalue weighted by atomic mass is 15.5. The smallest absolute Gasteiger partial charge is 0.0761 e. The monoisotopic (exact) mass is 202 g/mol. The van der Waals surface area contributed by atoms with E-state index in [-0.39, 0.29) is 6.04 Å². The van der Waals surface area contributed by atoms with Gasteiger partial charge in [-0.2, -0.15) is 15.0 Å². The van der Waals surface area contributed by atoms with Crippen molar-refractivity contribution in [3.8, 4) is 0 Å². The van der Waals surface area contributed by atoms with Gasteiger partial charge >= 0.3 is 0 Å². The highest BCUT2D eigenvalue weighted by molar-refractivity contribution is 5.15. The molecule has 0 fully saturated rings. The first-order valence-electron chi connectivity index (χ1n) is 4.98. The zero-order valence-corrected chi connectivity index (χ0v) is 8.45. The Balaban J connectivity index is 1.90. The molecule has 78 valence electrons. The summed E-state index contributed by atoms with van der Waals surface area (Å²) in [4.78, 5) is 1.62. The van der Waals surface area contributed by atoms with Gasteiger partial charge in [0.15, 0.2) is 0 Å². The van der Waals surface area contributed by atoms with E-state index in [4.69, 9.17) is 5.73 Å². The Labute approximate surface area is 88.7 Å². The summed E-state index contributed by atoms with van der Waals surface area (Å²) in [6.07, 6.45) is 4.17. The van der Waals surface area contributed by atoms with Crippen LogP contribution in [-0.2, 0) is 13.0 Å². The number of hydrogen-bond donors (Lipinski definition) is 1. The summed E-state index contributed by atoms with van der Waals surface area (Å²) >= 11 is 0. The van der Waals surface area contributed by atoms with Gasteiger partial charge in [-0.05, 0) is 12.0 Å². The highest BCUT2D eigenvalue weighted by Crippen LogP contribution is 2.02. The van der Waals surface area contributed by atoms with E-state index in [9.17, 15) is 0 Å². The molecule has 0 bridgehead atoms. The third-order valence-corrected chi connectivity index (χ3v) is 2.21. The Morgan fingerprint density at radius 2 is 1.80 bits per heavy atom. The largest absolute Gasteiger partial charge is 0.326 e. The SMILES string of the molecule is N[C@@H](Cc1ccccc1)Cn1nccn1. The highest BCUT2D eigenvalue weighted by Gasteiger charge is 2.05. The first-order valence-corrected chi connectivity index (χ1v) is 4.98. The molecule has 0 aliphatic heterocycles. The summed E-state index contributed by atoms with van der Waals surface area (Å²) in [5.74, 6) is 0. The molecular formula is C11H14N4. The van der Waals surface area contributed by atoms with Crippen molar-refractivity contribution >= 4 is 0 Å². The van der Waals surface area contributed by atoms with Crippen LogP contribution in [0.5, 0.6) is 0 Å². The van der Waals surface area contributed by atoms with Crippen LogP contribution in [-0.4, -0.2) is 21.0 Å². The molecule has 0 unspecified atom stereocenters. The van der Waals surface area contributed by atoms with Gasteiger partial charge < -0.3 is 5.73 Å². The Bertz CT molecular complexity index is 382. The Morgan fingerprint density at radius 3 is 2.47 bits per heavy atom. The maximum absolute atomic E-state index is 6.00. The molecular weight excluding hydrogens is 188 g/mol. The molecule has 4 nitrogen and oxygen atoms in total. The van der Waals surface area contributed by atoms with Gasteiger partial charge in [-0.1, -0.05) is 30.3 Å². The third kappa shape index (κ3) is 2.89. The quantitative estimate of drug-likeness (QED) is 0.799. The summed E-state index contributed by atoms with van der Waals surface area (Å²) in [5, 5.41) is 8.05. The van der Waals surface area contributed by atoms with Gasteiger partial charge in [0.05, 0.1) is 18.9 Å². The van der Waals surface area contributed by atoms with Crippen molar-refractivity contribution in [1.29, 1.82) is 0 Å². The Kier molecular flexibility index (Phi) is 3.09. The van der Waals surface area contributed by atoms with Crippen LogP contribution in [0.1, 0.15) is 5.56 Å². The molecule has 0 aliphatic carbocycles. The summed E-state index contributed by atoms with van der Waals surface area (Å²) in [6.45, 7) is 0.655. The van der Waals surface area contributed by atoms with E-state index in [1.165, 1.54) is 5.56 Å². The van der Waals surface area contributed by atoms with Gasteiger partial charge in [0.2, 0.25) is 0 Å². The summed E-state index contributed by atoms with van der Waals surface area (Å²) in [7, 11) is 0. The Hall–Kier alpha value is -1.68. The molecule has 2 aromatic rings. The lowest BCUT2D eigenvalue weighted by molar-refractivity contribution is 0.461. The van der Waals surface area contributed by atoms with Crippen LogP contribution < -0.4 is 5.73 Å². The fraction of sp³-hybridized carbons (Fsp3) is 0.273. The standard InChI is InChI=1S/C11H14N4/c12-11(9-15-13-6-7-14-15)8-10-4-2-1-3-5-10/h1-7,11H,8-9,12H2/t11-/m0/s1. The fourth-order valence-corrected chi connectivity index (χ4v) is 1.53. The van der Waals surface area contributed by atoms with Gasteiger partial charge in [-0.15, -0.1) is 0 Å². The average Bonchev–Trinajstić information content (AvgIpc) is 2.71. The Morgan fingerprint density at radius 1 is 1.13 bits per heavy atom. The minimum Gasteiger partial charge on any atom is -0.326 e. The van der Waals surface area contributed by atoms with Gasteiger partial charge in [0, 0.05) is 6.04 Å². The first kappa shape index (κ1) is 9.86. The minimum absolute atomic E-state index is 0.0554. The van der Waals surface area contributed by atoms with Gasteiger partial charge in [-0.25, -0.2) is 0 Å². The molecule has 0 saturated heterocycles. The first-order chi connectivity index (χ1) is 7.34. The lowest BCUT2D eigenvalue weighted by atomic mass is 10.1. The van der Waals surface area contributed by atoms with Crippen molar-refractivity contribution < 1.29 is 0 Å². The van der Waals surface area contributed by atoms with Crippen LogP contribution in [0.15, 0.2) is 42.7 Å². The van der Waals surface area contributed by atoms with Crippen molar-refractivity contribution in [2.24, 2.45) is 5.73 Å². The van der Waals surface area contributed by atoms with Crippen LogP contribution in [0, 0.1) is 0 Å². The second-order valence-electron chi connectivity index (χ2n) is 3.53. The van der Waals surface area contributed by atoms with E-state index >= 15 is 0 Å². The predicted molar refractivity (Wildman–Crippen MR) is 58.1 cm³/mol. The third-order valence-electron chi connectivity index (χ3n) is 2.21. The fourth-order valence-electron chi connectivity index (χ4n) is 1.53. The van der Waals surface area contributed by atoms with Crippen molar-refractivity contribution in [2.45, 2.75) is 19.0 Å². The van der Waals surface area contributed by atoms with E-state index in [1.54, 1.807) is 17.2 Å². The molecule has 0 amide bonds. The molecule has 4 heteroatoms. The van der Waals surface area contributed by atoms with Crippen molar-refractivity contribution in [1.82, 2.24) is 15.0 Å². The second-order valence-corrected chi connectivity index (χ2v) is 3.53. The molecule has 0 aliphatic rings. The molecule has 15 heavy (non-hydrogen) atoms. The van der Waals surface area contributed by atoms with E-state index in [0.29, 0.717) is 6.54 Å². The van der Waals surface area contributed by atoms with Crippen LogP contribution in [0.3, 0.4) is 0 Å². The molecule has 0 saturated carbocycles. The maximum Gasteiger partial charge on any atom is 0.0761 e. The minimum atomic E-state index is 0.0554. The molecule has 1 aromatic heterocycles. The number of hydrogen-bond acceptors (Lipinski definition) is 3. The molecule has 1 heterocycles. The van der Waals surface area contributed by atoms with Crippen LogP contribution in [0.2, 0.25) is 0 Å². The van der Waals surface area contributed by atoms with Crippen LogP contribution >= 0.6 is 0 Å². The van der Waals surface area contributed by atoms with Crippen molar-refractivity contribution in [3.05, 3.63) is 48.3 Å². The van der Waals surface area contributed by atoms with Gasteiger partial charge in [-0.3, -0.25) is 0 Å². The summed E-state index contributed by atoms with van der Waals surface area (Å²) < 4.78 is 0. The predicted octanol–water partition coefficient (Wildman–Crippen LogP) is 0.848. The number of nitrogens with two attached hydrogens (primary N) is 1. The zero-order valence-electron chi connectivity index (χ0n) is 8.45. The zero-order chi connectivity index (χ0) is 10.5. The van der Waals surface area contributed by atoms with Crippen molar-refractivity contribution in [2.75, 3.05) is 0 Å². The lowest BCUT2D eigenvalue weighted by Gasteiger charge is -2.10. The molecule has 1 atom stereocenters.